The van der Waals surface area contributed by atoms with Gasteiger partial charge in [-0.15, -0.1) is 0 Å². The molecule has 0 unspecified atom stereocenters. The van der Waals surface area contributed by atoms with Gasteiger partial charge in [-0.05, 0) is 49.7 Å². The van der Waals surface area contributed by atoms with Crippen LogP contribution in [0.1, 0.15) is 37.2 Å². The van der Waals surface area contributed by atoms with E-state index in [1.54, 1.807) is 30.3 Å². The fraction of sp³-hybridized carbons (Fsp3) is 0.238. The highest BCUT2D eigenvalue weighted by atomic mass is 16.5. The Kier molecular flexibility index (Phi) is 5.76. The smallest absolute Gasteiger partial charge is 0.272 e. The standard InChI is InChI=1S/C21H23N3O3/c1-3-6-20(25)22-15-7-5-8-16(12-15)23-21(26)19-11-14-9-10-17(27-4-2)13-18(14)24-19/h5,7-13,24H,3-4,6H2,1-2H3,(H,22,25)(H,23,26). The Balaban J connectivity index is 1.73. The van der Waals surface area contributed by atoms with Crippen LogP contribution in [-0.2, 0) is 4.79 Å². The van der Waals surface area contributed by atoms with Crippen LogP contribution in [0.4, 0.5) is 11.4 Å². The summed E-state index contributed by atoms with van der Waals surface area (Å²) in [5.74, 6) is 0.470. The normalized spacial score (nSPS) is 10.6. The summed E-state index contributed by atoms with van der Waals surface area (Å²) in [7, 11) is 0. The average molecular weight is 365 g/mol. The molecular formula is C21H23N3O3. The SMILES string of the molecule is CCCC(=O)Nc1cccc(NC(=O)c2cc3ccc(OCC)cc3[nH]2)c1. The number of hydrogen-bond donors (Lipinski definition) is 3. The first-order valence-electron chi connectivity index (χ1n) is 9.06. The number of carbonyl (C=O) groups is 2. The third kappa shape index (κ3) is 4.67. The molecule has 3 aromatic rings. The molecule has 6 nitrogen and oxygen atoms in total. The molecule has 27 heavy (non-hydrogen) atoms. The molecule has 1 heterocycles. The fourth-order valence-electron chi connectivity index (χ4n) is 2.81. The van der Waals surface area contributed by atoms with Crippen LogP contribution in [-0.4, -0.2) is 23.4 Å². The van der Waals surface area contributed by atoms with Gasteiger partial charge < -0.3 is 20.4 Å². The van der Waals surface area contributed by atoms with Crippen LogP contribution in [0, 0.1) is 0 Å². The van der Waals surface area contributed by atoms with E-state index in [1.807, 2.05) is 32.0 Å². The number of ether oxygens (including phenoxy) is 1. The van der Waals surface area contributed by atoms with Crippen LogP contribution in [0.2, 0.25) is 0 Å². The predicted molar refractivity (Wildman–Crippen MR) is 107 cm³/mol. The lowest BCUT2D eigenvalue weighted by molar-refractivity contribution is -0.116. The maximum absolute atomic E-state index is 12.6. The number of rotatable bonds is 7. The summed E-state index contributed by atoms with van der Waals surface area (Å²) < 4.78 is 5.49. The number of carbonyl (C=O) groups excluding carboxylic acids is 2. The Labute approximate surface area is 157 Å². The van der Waals surface area contributed by atoms with Gasteiger partial charge in [0.15, 0.2) is 0 Å². The zero-order chi connectivity index (χ0) is 19.2. The summed E-state index contributed by atoms with van der Waals surface area (Å²) in [6.07, 6.45) is 1.25. The van der Waals surface area contributed by atoms with Crippen LogP contribution in [0.3, 0.4) is 0 Å². The van der Waals surface area contributed by atoms with Gasteiger partial charge >= 0.3 is 0 Å². The number of amides is 2. The van der Waals surface area contributed by atoms with Crippen molar-refractivity contribution in [3.63, 3.8) is 0 Å². The monoisotopic (exact) mass is 365 g/mol. The van der Waals surface area contributed by atoms with Crippen molar-refractivity contribution in [2.24, 2.45) is 0 Å². The molecule has 6 heteroatoms. The van der Waals surface area contributed by atoms with Crippen molar-refractivity contribution in [3.05, 3.63) is 54.2 Å². The molecule has 2 aromatic carbocycles. The van der Waals surface area contributed by atoms with E-state index in [-0.39, 0.29) is 11.8 Å². The van der Waals surface area contributed by atoms with Gasteiger partial charge in [0.25, 0.3) is 5.91 Å². The molecule has 0 radical (unpaired) electrons. The highest BCUT2D eigenvalue weighted by Crippen LogP contribution is 2.22. The van der Waals surface area contributed by atoms with Crippen molar-refractivity contribution >= 4 is 34.1 Å². The zero-order valence-corrected chi connectivity index (χ0v) is 15.5. The molecule has 0 fully saturated rings. The molecule has 0 saturated heterocycles. The summed E-state index contributed by atoms with van der Waals surface area (Å²) in [4.78, 5) is 27.4. The maximum Gasteiger partial charge on any atom is 0.272 e. The quantitative estimate of drug-likeness (QED) is 0.574. The third-order valence-electron chi connectivity index (χ3n) is 4.03. The molecule has 0 spiro atoms. The molecule has 0 aliphatic carbocycles. The molecule has 1 aromatic heterocycles. The van der Waals surface area contributed by atoms with Gasteiger partial charge in [0, 0.05) is 34.8 Å². The highest BCUT2D eigenvalue weighted by molar-refractivity contribution is 6.06. The van der Waals surface area contributed by atoms with Gasteiger partial charge in [0.2, 0.25) is 5.91 Å². The third-order valence-corrected chi connectivity index (χ3v) is 4.03. The number of hydrogen-bond acceptors (Lipinski definition) is 3. The van der Waals surface area contributed by atoms with Crippen molar-refractivity contribution in [2.45, 2.75) is 26.7 Å². The van der Waals surface area contributed by atoms with Gasteiger partial charge in [-0.2, -0.15) is 0 Å². The molecular weight excluding hydrogens is 342 g/mol. The van der Waals surface area contributed by atoms with Crippen molar-refractivity contribution in [1.29, 1.82) is 0 Å². The maximum atomic E-state index is 12.6. The van der Waals surface area contributed by atoms with E-state index in [0.717, 1.165) is 23.1 Å². The van der Waals surface area contributed by atoms with Crippen LogP contribution in [0.5, 0.6) is 5.75 Å². The molecule has 2 amide bonds. The zero-order valence-electron chi connectivity index (χ0n) is 15.5. The van der Waals surface area contributed by atoms with Crippen molar-refractivity contribution in [2.75, 3.05) is 17.2 Å². The summed E-state index contributed by atoms with van der Waals surface area (Å²) in [6.45, 7) is 4.47. The first-order chi connectivity index (χ1) is 13.1. The minimum atomic E-state index is -0.249. The number of H-pyrrole nitrogens is 1. The molecule has 0 aliphatic heterocycles. The Morgan fingerprint density at radius 1 is 1.00 bits per heavy atom. The Morgan fingerprint density at radius 3 is 2.52 bits per heavy atom. The molecule has 3 N–H and O–H groups in total. The Bertz CT molecular complexity index is 962. The van der Waals surface area contributed by atoms with E-state index in [0.29, 0.717) is 30.1 Å². The molecule has 0 saturated carbocycles. The number of anilines is 2. The van der Waals surface area contributed by atoms with Crippen molar-refractivity contribution in [1.82, 2.24) is 4.98 Å². The van der Waals surface area contributed by atoms with Gasteiger partial charge in [0.05, 0.1) is 6.61 Å². The number of benzene rings is 2. The van der Waals surface area contributed by atoms with E-state index >= 15 is 0 Å². The first kappa shape index (κ1) is 18.5. The van der Waals surface area contributed by atoms with E-state index in [2.05, 4.69) is 15.6 Å². The second kappa shape index (κ2) is 8.40. The largest absolute Gasteiger partial charge is 0.494 e. The van der Waals surface area contributed by atoms with Crippen molar-refractivity contribution < 1.29 is 14.3 Å². The lowest BCUT2D eigenvalue weighted by atomic mass is 10.2. The predicted octanol–water partition coefficient (Wildman–Crippen LogP) is 4.56. The molecule has 140 valence electrons. The van der Waals surface area contributed by atoms with Crippen LogP contribution < -0.4 is 15.4 Å². The van der Waals surface area contributed by atoms with Crippen LogP contribution >= 0.6 is 0 Å². The average Bonchev–Trinajstić information content (AvgIpc) is 3.06. The Morgan fingerprint density at radius 2 is 1.78 bits per heavy atom. The van der Waals surface area contributed by atoms with Gasteiger partial charge in [-0.3, -0.25) is 9.59 Å². The second-order valence-electron chi connectivity index (χ2n) is 6.20. The first-order valence-corrected chi connectivity index (χ1v) is 9.06. The van der Waals surface area contributed by atoms with Crippen LogP contribution in [0.15, 0.2) is 48.5 Å². The topological polar surface area (TPSA) is 83.2 Å². The van der Waals surface area contributed by atoms with Crippen LogP contribution in [0.25, 0.3) is 10.9 Å². The highest BCUT2D eigenvalue weighted by Gasteiger charge is 2.11. The van der Waals surface area contributed by atoms with E-state index < -0.39 is 0 Å². The summed E-state index contributed by atoms with van der Waals surface area (Å²) in [5, 5.41) is 6.61. The van der Waals surface area contributed by atoms with E-state index in [9.17, 15) is 9.59 Å². The van der Waals surface area contributed by atoms with E-state index in [4.69, 9.17) is 4.74 Å². The molecule has 0 bridgehead atoms. The number of fused-ring (bicyclic) bond motifs is 1. The van der Waals surface area contributed by atoms with Gasteiger partial charge in [-0.1, -0.05) is 13.0 Å². The number of aromatic amines is 1. The minimum absolute atomic E-state index is 0.0401. The summed E-state index contributed by atoms with van der Waals surface area (Å²) in [6, 6.07) is 14.6. The lowest BCUT2D eigenvalue weighted by Crippen LogP contribution is -2.13. The second-order valence-corrected chi connectivity index (χ2v) is 6.20. The summed E-state index contributed by atoms with van der Waals surface area (Å²) in [5.41, 5.74) is 2.57. The molecule has 0 aliphatic rings. The van der Waals surface area contributed by atoms with E-state index in [1.165, 1.54) is 0 Å². The lowest BCUT2D eigenvalue weighted by Gasteiger charge is -2.08. The molecule has 0 atom stereocenters. The Hall–Kier alpha value is -3.28. The fourth-order valence-corrected chi connectivity index (χ4v) is 2.81. The van der Waals surface area contributed by atoms with Crippen molar-refractivity contribution in [3.8, 4) is 5.75 Å². The summed E-state index contributed by atoms with van der Waals surface area (Å²) >= 11 is 0. The van der Waals surface area contributed by atoms with Gasteiger partial charge in [0.1, 0.15) is 11.4 Å². The number of aromatic nitrogens is 1. The number of nitrogens with one attached hydrogen (secondary N) is 3. The minimum Gasteiger partial charge on any atom is -0.494 e. The molecule has 3 rings (SSSR count). The van der Waals surface area contributed by atoms with Gasteiger partial charge in [-0.25, -0.2) is 0 Å².